The van der Waals surface area contributed by atoms with Crippen LogP contribution in [0, 0.1) is 24.4 Å². The number of rotatable bonds is 7. The Hall–Kier alpha value is -4.49. The summed E-state index contributed by atoms with van der Waals surface area (Å²) in [6.07, 6.45) is 0. The van der Waals surface area contributed by atoms with Crippen molar-refractivity contribution in [2.45, 2.75) is 14.4 Å². The molecule has 0 fully saturated rings. The molecule has 0 aliphatic heterocycles. The Kier molecular flexibility index (Phi) is 20.5. The molecular formula is C50H44BBr2Cl3F3O6P. The zero-order valence-corrected chi connectivity index (χ0v) is 41.9. The van der Waals surface area contributed by atoms with Crippen molar-refractivity contribution in [3.05, 3.63) is 174 Å². The SMILES string of the molecule is C.COc1cc2cc(OC)c(-c3cc(Cl)ccc3F)cc2cc1-c1cc(Cl)ccc1F.COc1cc2cc(OC)c(Br)cc2cc1Br.Cc1ccccc1P.OB(O)c1cc(Cl)ccc1F. The van der Waals surface area contributed by atoms with Crippen molar-refractivity contribution >= 4 is 115 Å². The van der Waals surface area contributed by atoms with Crippen LogP contribution in [0.5, 0.6) is 23.0 Å². The maximum Gasteiger partial charge on any atom is 0.491 e. The van der Waals surface area contributed by atoms with Gasteiger partial charge in [0.15, 0.2) is 0 Å². The molecule has 0 amide bonds. The maximum atomic E-state index is 14.5. The number of methoxy groups -OCH3 is 4. The van der Waals surface area contributed by atoms with E-state index in [1.54, 1.807) is 50.6 Å². The second kappa shape index (κ2) is 25.0. The second-order valence-electron chi connectivity index (χ2n) is 13.9. The highest BCUT2D eigenvalue weighted by molar-refractivity contribution is 9.11. The first kappa shape index (κ1) is 54.1. The quantitative estimate of drug-likeness (QED) is 0.122. The molecule has 8 aromatic rings. The van der Waals surface area contributed by atoms with Gasteiger partial charge in [-0.1, -0.05) is 66.5 Å². The lowest BCUT2D eigenvalue weighted by Crippen LogP contribution is -2.32. The smallest absolute Gasteiger partial charge is 0.491 e. The molecule has 344 valence electrons. The molecule has 0 saturated carbocycles. The maximum absolute atomic E-state index is 14.5. The molecular weight excluding hydrogens is 1060 g/mol. The van der Waals surface area contributed by atoms with Crippen LogP contribution in [0.3, 0.4) is 0 Å². The lowest BCUT2D eigenvalue weighted by Gasteiger charge is -2.15. The summed E-state index contributed by atoms with van der Waals surface area (Å²) in [6, 6.07) is 35.7. The second-order valence-corrected chi connectivity index (χ2v) is 17.6. The molecule has 0 bridgehead atoms. The van der Waals surface area contributed by atoms with Crippen LogP contribution in [-0.2, 0) is 0 Å². The predicted molar refractivity (Wildman–Crippen MR) is 279 cm³/mol. The van der Waals surface area contributed by atoms with Crippen LogP contribution in [-0.4, -0.2) is 45.6 Å². The number of halogens is 8. The first-order valence-corrected chi connectivity index (χ1v) is 22.5. The first-order valence-electron chi connectivity index (χ1n) is 19.2. The molecule has 2 N–H and O–H groups in total. The standard InChI is InChI=1S/C24H16Cl2F2O2.C12H10Br2O2.C7H9P.C6H5BClFO2.CH4/c1-29-23-9-14-10-24(30-2)20(18-12-16(26)4-6-22(18)28)8-13(14)7-19(23)17-11-15(25)3-5-21(17)27;1-15-11-5-8-6-12(16-2)10(14)4-7(8)3-9(11)13;1-6-4-2-3-5-7(6)8;8-4-1-2-6(9)5(3-4)7(10)11;/h3-12H,1-2H3;3-6H,1-2H3;2-5H,8H2,1H3;1-3,10-11H;1H4. The third-order valence-electron chi connectivity index (χ3n) is 9.72. The number of hydrogen-bond acceptors (Lipinski definition) is 6. The average Bonchev–Trinajstić information content (AvgIpc) is 3.29. The number of hydrogen-bond donors (Lipinski definition) is 2. The van der Waals surface area contributed by atoms with E-state index in [-0.39, 0.29) is 17.9 Å². The minimum absolute atomic E-state index is 0. The number of fused-ring (bicyclic) bond motifs is 2. The van der Waals surface area contributed by atoms with Gasteiger partial charge in [0.2, 0.25) is 0 Å². The fourth-order valence-corrected chi connectivity index (χ4v) is 8.12. The van der Waals surface area contributed by atoms with Gasteiger partial charge in [-0.2, -0.15) is 0 Å². The van der Waals surface area contributed by atoms with E-state index in [0.717, 1.165) is 48.1 Å². The van der Waals surface area contributed by atoms with Crippen molar-refractivity contribution < 1.29 is 42.2 Å². The molecule has 66 heavy (non-hydrogen) atoms. The van der Waals surface area contributed by atoms with Gasteiger partial charge in [-0.25, -0.2) is 13.2 Å². The van der Waals surface area contributed by atoms with Gasteiger partial charge >= 0.3 is 7.12 Å². The Balaban J connectivity index is 0.000000220. The largest absolute Gasteiger partial charge is 0.496 e. The zero-order valence-electron chi connectivity index (χ0n) is 35.3. The van der Waals surface area contributed by atoms with E-state index in [1.807, 2.05) is 36.4 Å². The van der Waals surface area contributed by atoms with Gasteiger partial charge in [0.25, 0.3) is 0 Å². The van der Waals surface area contributed by atoms with Crippen LogP contribution in [0.4, 0.5) is 13.2 Å². The highest BCUT2D eigenvalue weighted by Gasteiger charge is 2.18. The van der Waals surface area contributed by atoms with Crippen molar-refractivity contribution in [2.24, 2.45) is 0 Å². The molecule has 8 aromatic carbocycles. The molecule has 0 heterocycles. The lowest BCUT2D eigenvalue weighted by atomic mass is 9.80. The van der Waals surface area contributed by atoms with Crippen LogP contribution in [0.25, 0.3) is 43.8 Å². The molecule has 0 saturated heterocycles. The average molecular weight is 1110 g/mol. The van der Waals surface area contributed by atoms with E-state index < -0.39 is 24.6 Å². The van der Waals surface area contributed by atoms with Gasteiger partial charge in [-0.05, 0) is 174 Å². The van der Waals surface area contributed by atoms with Gasteiger partial charge in [-0.15, -0.1) is 9.24 Å². The Labute approximate surface area is 417 Å². The summed E-state index contributed by atoms with van der Waals surface area (Å²) in [5.74, 6) is 1.07. The summed E-state index contributed by atoms with van der Waals surface area (Å²) in [7, 11) is 7.21. The van der Waals surface area contributed by atoms with Crippen LogP contribution < -0.4 is 29.7 Å². The highest BCUT2D eigenvalue weighted by Crippen LogP contribution is 2.42. The Morgan fingerprint density at radius 3 is 1.21 bits per heavy atom. The van der Waals surface area contributed by atoms with Crippen molar-refractivity contribution in [2.75, 3.05) is 28.4 Å². The molecule has 0 radical (unpaired) electrons. The van der Waals surface area contributed by atoms with Gasteiger partial charge in [0, 0.05) is 42.8 Å². The highest BCUT2D eigenvalue weighted by atomic mass is 79.9. The Morgan fingerprint density at radius 1 is 0.485 bits per heavy atom. The van der Waals surface area contributed by atoms with E-state index in [9.17, 15) is 13.2 Å². The third-order valence-corrected chi connectivity index (χ3v) is 12.3. The first-order chi connectivity index (χ1) is 31.0. The molecule has 0 aliphatic carbocycles. The number of ether oxygens (including phenoxy) is 4. The van der Waals surface area contributed by atoms with E-state index in [0.29, 0.717) is 43.8 Å². The predicted octanol–water partition coefficient (Wildman–Crippen LogP) is 14.4. The molecule has 0 aromatic heterocycles. The van der Waals surface area contributed by atoms with Crippen LogP contribution >= 0.6 is 75.9 Å². The number of aryl methyl sites for hydroxylation is 1. The van der Waals surface area contributed by atoms with Crippen LogP contribution in [0.15, 0.2) is 136 Å². The van der Waals surface area contributed by atoms with Crippen LogP contribution in [0.2, 0.25) is 15.1 Å². The minimum atomic E-state index is -1.81. The van der Waals surface area contributed by atoms with E-state index >= 15 is 0 Å². The van der Waals surface area contributed by atoms with Gasteiger partial charge in [-0.3, -0.25) is 0 Å². The zero-order chi connectivity index (χ0) is 47.5. The Morgan fingerprint density at radius 2 is 0.848 bits per heavy atom. The summed E-state index contributed by atoms with van der Waals surface area (Å²) in [5.41, 5.74) is 2.82. The summed E-state index contributed by atoms with van der Waals surface area (Å²) in [6.45, 7) is 2.10. The summed E-state index contributed by atoms with van der Waals surface area (Å²) >= 11 is 24.6. The van der Waals surface area contributed by atoms with E-state index in [2.05, 4.69) is 60.2 Å². The fourth-order valence-electron chi connectivity index (χ4n) is 6.34. The van der Waals surface area contributed by atoms with Crippen molar-refractivity contribution in [3.8, 4) is 45.3 Å². The van der Waals surface area contributed by atoms with Gasteiger partial charge in [0.1, 0.15) is 40.4 Å². The summed E-state index contributed by atoms with van der Waals surface area (Å²) in [4.78, 5) is 0. The monoisotopic (exact) mass is 1100 g/mol. The molecule has 0 spiro atoms. The Bertz CT molecular complexity index is 2810. The normalized spacial score (nSPS) is 10.3. The van der Waals surface area contributed by atoms with Gasteiger partial charge < -0.3 is 29.0 Å². The van der Waals surface area contributed by atoms with E-state index in [4.69, 9.17) is 63.8 Å². The van der Waals surface area contributed by atoms with Crippen molar-refractivity contribution in [1.29, 1.82) is 0 Å². The molecule has 0 aliphatic rings. The van der Waals surface area contributed by atoms with Crippen molar-refractivity contribution in [1.82, 2.24) is 0 Å². The van der Waals surface area contributed by atoms with Gasteiger partial charge in [0.05, 0.1) is 37.4 Å². The van der Waals surface area contributed by atoms with Crippen molar-refractivity contribution in [3.63, 3.8) is 0 Å². The summed E-state index contributed by atoms with van der Waals surface area (Å²) < 4.78 is 65.1. The van der Waals surface area contributed by atoms with E-state index in [1.165, 1.54) is 61.5 Å². The molecule has 6 nitrogen and oxygen atoms in total. The molecule has 16 heteroatoms. The molecule has 8 rings (SSSR count). The minimum Gasteiger partial charge on any atom is -0.496 e. The topological polar surface area (TPSA) is 77.4 Å². The molecule has 1 unspecified atom stereocenters. The summed E-state index contributed by atoms with van der Waals surface area (Å²) in [5, 5.41) is 23.3. The molecule has 1 atom stereocenters. The number of benzene rings is 8. The fraction of sp³-hybridized carbons (Fsp3) is 0.120. The van der Waals surface area contributed by atoms with Crippen LogP contribution in [0.1, 0.15) is 13.0 Å². The third kappa shape index (κ3) is 13.8. The lowest BCUT2D eigenvalue weighted by molar-refractivity contribution is 0.411.